The second kappa shape index (κ2) is 6.19. The third-order valence-electron chi connectivity index (χ3n) is 2.73. The van der Waals surface area contributed by atoms with Gasteiger partial charge in [-0.2, -0.15) is 5.10 Å². The molecular formula is C14H18BrN3O. The Labute approximate surface area is 121 Å². The fourth-order valence-electron chi connectivity index (χ4n) is 1.82. The van der Waals surface area contributed by atoms with E-state index in [1.165, 1.54) is 0 Å². The normalized spacial score (nSPS) is 11.0. The van der Waals surface area contributed by atoms with E-state index in [4.69, 9.17) is 4.74 Å². The lowest BCUT2D eigenvalue weighted by Gasteiger charge is -2.11. The van der Waals surface area contributed by atoms with Crippen molar-refractivity contribution in [1.29, 1.82) is 0 Å². The molecule has 4 nitrogen and oxygen atoms in total. The standard InChI is InChI=1S/C14H18BrN3O/c1-10(2)7-18-14(16-9-17-18)8-19-13-5-4-12(15)6-11(13)3/h4-6,9-10H,7-8H2,1-3H3. The van der Waals surface area contributed by atoms with E-state index in [0.29, 0.717) is 12.5 Å². The van der Waals surface area contributed by atoms with Crippen LogP contribution in [-0.2, 0) is 13.2 Å². The summed E-state index contributed by atoms with van der Waals surface area (Å²) >= 11 is 3.44. The summed E-state index contributed by atoms with van der Waals surface area (Å²) < 4.78 is 8.77. The number of hydrogen-bond donors (Lipinski definition) is 0. The van der Waals surface area contributed by atoms with Gasteiger partial charge in [0, 0.05) is 11.0 Å². The van der Waals surface area contributed by atoms with E-state index in [2.05, 4.69) is 39.9 Å². The second-order valence-electron chi connectivity index (χ2n) is 4.95. The molecule has 0 amide bonds. The van der Waals surface area contributed by atoms with Crippen LogP contribution in [0.3, 0.4) is 0 Å². The summed E-state index contributed by atoms with van der Waals surface area (Å²) in [6, 6.07) is 5.97. The Bertz CT molecular complexity index is 551. The lowest BCUT2D eigenvalue weighted by molar-refractivity contribution is 0.281. The summed E-state index contributed by atoms with van der Waals surface area (Å²) in [5, 5.41) is 4.22. The van der Waals surface area contributed by atoms with Crippen LogP contribution in [0.1, 0.15) is 25.2 Å². The van der Waals surface area contributed by atoms with Crippen LogP contribution in [0.2, 0.25) is 0 Å². The van der Waals surface area contributed by atoms with E-state index >= 15 is 0 Å². The molecule has 0 bridgehead atoms. The van der Waals surface area contributed by atoms with E-state index in [1.54, 1.807) is 6.33 Å². The molecule has 0 aliphatic carbocycles. The van der Waals surface area contributed by atoms with Crippen LogP contribution in [0.4, 0.5) is 0 Å². The Morgan fingerprint density at radius 2 is 2.16 bits per heavy atom. The summed E-state index contributed by atoms with van der Waals surface area (Å²) in [6.45, 7) is 7.64. The lowest BCUT2D eigenvalue weighted by atomic mass is 10.2. The van der Waals surface area contributed by atoms with Gasteiger partial charge in [0.2, 0.25) is 0 Å². The summed E-state index contributed by atoms with van der Waals surface area (Å²) in [7, 11) is 0. The molecule has 0 atom stereocenters. The largest absolute Gasteiger partial charge is 0.485 e. The lowest BCUT2D eigenvalue weighted by Crippen LogP contribution is -2.12. The first-order chi connectivity index (χ1) is 9.06. The minimum atomic E-state index is 0.440. The molecule has 0 spiro atoms. The molecule has 0 aliphatic rings. The fraction of sp³-hybridized carbons (Fsp3) is 0.429. The van der Waals surface area contributed by atoms with Gasteiger partial charge in [-0.25, -0.2) is 9.67 Å². The molecule has 2 aromatic rings. The highest BCUT2D eigenvalue weighted by atomic mass is 79.9. The minimum Gasteiger partial charge on any atom is -0.485 e. The number of nitrogens with zero attached hydrogens (tertiary/aromatic N) is 3. The van der Waals surface area contributed by atoms with Crippen LogP contribution in [0, 0.1) is 12.8 Å². The van der Waals surface area contributed by atoms with E-state index in [9.17, 15) is 0 Å². The van der Waals surface area contributed by atoms with Gasteiger partial charge in [-0.1, -0.05) is 29.8 Å². The van der Waals surface area contributed by atoms with E-state index in [1.807, 2.05) is 29.8 Å². The number of ether oxygens (including phenoxy) is 1. The zero-order valence-electron chi connectivity index (χ0n) is 11.4. The van der Waals surface area contributed by atoms with E-state index in [-0.39, 0.29) is 0 Å². The number of aromatic nitrogens is 3. The van der Waals surface area contributed by atoms with Crippen molar-refractivity contribution in [3.8, 4) is 5.75 Å². The van der Waals surface area contributed by atoms with Gasteiger partial charge in [-0.05, 0) is 36.6 Å². The van der Waals surface area contributed by atoms with Crippen molar-refractivity contribution in [2.24, 2.45) is 5.92 Å². The first-order valence-corrected chi connectivity index (χ1v) is 7.11. The number of aryl methyl sites for hydroxylation is 1. The van der Waals surface area contributed by atoms with Gasteiger partial charge in [-0.3, -0.25) is 0 Å². The quantitative estimate of drug-likeness (QED) is 0.844. The number of benzene rings is 1. The van der Waals surface area contributed by atoms with Crippen molar-refractivity contribution in [3.63, 3.8) is 0 Å². The van der Waals surface area contributed by atoms with Crippen molar-refractivity contribution in [2.75, 3.05) is 0 Å². The molecule has 5 heteroatoms. The third-order valence-corrected chi connectivity index (χ3v) is 3.22. The van der Waals surface area contributed by atoms with Crippen molar-refractivity contribution < 1.29 is 4.74 Å². The maximum absolute atomic E-state index is 5.81. The number of rotatable bonds is 5. The molecule has 1 aromatic carbocycles. The zero-order chi connectivity index (χ0) is 13.8. The fourth-order valence-corrected chi connectivity index (χ4v) is 2.29. The molecule has 0 fully saturated rings. The molecule has 0 saturated heterocycles. The predicted octanol–water partition coefficient (Wildman–Crippen LogP) is 3.58. The molecule has 0 N–H and O–H groups in total. The molecular weight excluding hydrogens is 306 g/mol. The molecule has 0 radical (unpaired) electrons. The minimum absolute atomic E-state index is 0.440. The van der Waals surface area contributed by atoms with Crippen molar-refractivity contribution >= 4 is 15.9 Å². The molecule has 2 rings (SSSR count). The molecule has 0 aliphatic heterocycles. The van der Waals surface area contributed by atoms with Crippen LogP contribution in [0.5, 0.6) is 5.75 Å². The first kappa shape index (κ1) is 14.1. The predicted molar refractivity (Wildman–Crippen MR) is 78.1 cm³/mol. The highest BCUT2D eigenvalue weighted by molar-refractivity contribution is 9.10. The SMILES string of the molecule is Cc1cc(Br)ccc1OCc1ncnn1CC(C)C. The molecule has 102 valence electrons. The van der Waals surface area contributed by atoms with Crippen LogP contribution < -0.4 is 4.74 Å². The Morgan fingerprint density at radius 3 is 2.84 bits per heavy atom. The Kier molecular flexibility index (Phi) is 4.58. The highest BCUT2D eigenvalue weighted by Gasteiger charge is 2.08. The monoisotopic (exact) mass is 323 g/mol. The van der Waals surface area contributed by atoms with Gasteiger partial charge in [0.25, 0.3) is 0 Å². The maximum Gasteiger partial charge on any atom is 0.164 e. The second-order valence-corrected chi connectivity index (χ2v) is 5.87. The molecule has 0 unspecified atom stereocenters. The van der Waals surface area contributed by atoms with Gasteiger partial charge >= 0.3 is 0 Å². The third kappa shape index (κ3) is 3.80. The van der Waals surface area contributed by atoms with Gasteiger partial charge in [0.1, 0.15) is 18.7 Å². The van der Waals surface area contributed by atoms with E-state index in [0.717, 1.165) is 28.2 Å². The van der Waals surface area contributed by atoms with Crippen LogP contribution in [-0.4, -0.2) is 14.8 Å². The van der Waals surface area contributed by atoms with Gasteiger partial charge < -0.3 is 4.74 Å². The van der Waals surface area contributed by atoms with Gasteiger partial charge in [-0.15, -0.1) is 0 Å². The molecule has 0 saturated carbocycles. The van der Waals surface area contributed by atoms with Crippen LogP contribution in [0.15, 0.2) is 29.0 Å². The highest BCUT2D eigenvalue weighted by Crippen LogP contribution is 2.22. The summed E-state index contributed by atoms with van der Waals surface area (Å²) in [5.74, 6) is 2.27. The first-order valence-electron chi connectivity index (χ1n) is 6.32. The van der Waals surface area contributed by atoms with Crippen molar-refractivity contribution in [1.82, 2.24) is 14.8 Å². The van der Waals surface area contributed by atoms with Gasteiger partial charge in [0.15, 0.2) is 5.82 Å². The molecule has 1 heterocycles. The van der Waals surface area contributed by atoms with Crippen LogP contribution >= 0.6 is 15.9 Å². The maximum atomic E-state index is 5.81. The van der Waals surface area contributed by atoms with Crippen molar-refractivity contribution in [3.05, 3.63) is 40.4 Å². The zero-order valence-corrected chi connectivity index (χ0v) is 13.0. The Balaban J connectivity index is 2.04. The summed E-state index contributed by atoms with van der Waals surface area (Å²) in [6.07, 6.45) is 1.58. The average molecular weight is 324 g/mol. The average Bonchev–Trinajstić information content (AvgIpc) is 2.74. The van der Waals surface area contributed by atoms with Crippen molar-refractivity contribution in [2.45, 2.75) is 33.9 Å². The Morgan fingerprint density at radius 1 is 1.37 bits per heavy atom. The Hall–Kier alpha value is -1.36. The molecule has 1 aromatic heterocycles. The topological polar surface area (TPSA) is 39.9 Å². The van der Waals surface area contributed by atoms with E-state index < -0.39 is 0 Å². The summed E-state index contributed by atoms with van der Waals surface area (Å²) in [5.41, 5.74) is 1.10. The van der Waals surface area contributed by atoms with Gasteiger partial charge in [0.05, 0.1) is 0 Å². The molecule has 19 heavy (non-hydrogen) atoms. The number of halogens is 1. The summed E-state index contributed by atoms with van der Waals surface area (Å²) in [4.78, 5) is 4.25. The van der Waals surface area contributed by atoms with Crippen LogP contribution in [0.25, 0.3) is 0 Å². The number of hydrogen-bond acceptors (Lipinski definition) is 3. The smallest absolute Gasteiger partial charge is 0.164 e.